The average Bonchev–Trinajstić information content (AvgIpc) is 2.59. The van der Waals surface area contributed by atoms with Gasteiger partial charge in [-0.1, -0.05) is 18.2 Å². The van der Waals surface area contributed by atoms with Crippen molar-refractivity contribution in [3.63, 3.8) is 0 Å². The molecule has 0 spiro atoms. The van der Waals surface area contributed by atoms with Crippen LogP contribution < -0.4 is 4.74 Å². The Morgan fingerprint density at radius 1 is 1.25 bits per heavy atom. The van der Waals surface area contributed by atoms with Crippen LogP contribution in [0.15, 0.2) is 54.9 Å². The highest BCUT2D eigenvalue weighted by Gasteiger charge is 2.10. The van der Waals surface area contributed by atoms with Gasteiger partial charge < -0.3 is 14.7 Å². The van der Waals surface area contributed by atoms with Crippen molar-refractivity contribution in [2.75, 3.05) is 13.7 Å². The summed E-state index contributed by atoms with van der Waals surface area (Å²) in [5.41, 5.74) is 1.69. The minimum Gasteiger partial charge on any atom is -0.484 e. The Balaban J connectivity index is 1.83. The minimum atomic E-state index is -1.00. The molecule has 0 bridgehead atoms. The number of carboxylic acid groups (broad SMARTS) is 1. The summed E-state index contributed by atoms with van der Waals surface area (Å²) in [5, 5.41) is 8.57. The molecule has 0 radical (unpaired) electrons. The van der Waals surface area contributed by atoms with Crippen LogP contribution in [0.3, 0.4) is 0 Å². The van der Waals surface area contributed by atoms with Gasteiger partial charge in [-0.25, -0.2) is 4.79 Å². The number of likely N-dealkylation sites (N-methyl/N-ethyl adjacent to an activating group) is 1. The number of hydrogen-bond donors (Lipinski definition) is 1. The van der Waals surface area contributed by atoms with E-state index in [1.807, 2.05) is 12.1 Å². The topological polar surface area (TPSA) is 79.7 Å². The van der Waals surface area contributed by atoms with Crippen molar-refractivity contribution >= 4 is 18.0 Å². The summed E-state index contributed by atoms with van der Waals surface area (Å²) in [6.45, 7) is 0.399. The molecule has 124 valence electrons. The van der Waals surface area contributed by atoms with Gasteiger partial charge in [-0.15, -0.1) is 0 Å². The van der Waals surface area contributed by atoms with E-state index in [1.165, 1.54) is 6.08 Å². The van der Waals surface area contributed by atoms with Crippen LogP contribution in [0.1, 0.15) is 11.1 Å². The SMILES string of the molecule is CN(Cc1cccnc1)C(=O)COc1ccc(/C=C/C(=O)O)cc1. The van der Waals surface area contributed by atoms with Gasteiger partial charge in [0.15, 0.2) is 6.61 Å². The monoisotopic (exact) mass is 326 g/mol. The lowest BCUT2D eigenvalue weighted by Gasteiger charge is -2.17. The van der Waals surface area contributed by atoms with E-state index in [2.05, 4.69) is 4.98 Å². The zero-order valence-corrected chi connectivity index (χ0v) is 13.3. The Morgan fingerprint density at radius 2 is 2.00 bits per heavy atom. The summed E-state index contributed by atoms with van der Waals surface area (Å²) in [4.78, 5) is 28.1. The first kappa shape index (κ1) is 17.2. The molecule has 0 fully saturated rings. The number of hydrogen-bond acceptors (Lipinski definition) is 4. The Labute approximate surface area is 140 Å². The van der Waals surface area contributed by atoms with Gasteiger partial charge in [-0.2, -0.15) is 0 Å². The number of aliphatic carboxylic acids is 1. The lowest BCUT2D eigenvalue weighted by molar-refractivity contribution is -0.133. The number of ether oxygens (including phenoxy) is 1. The molecule has 6 heteroatoms. The summed E-state index contributed by atoms with van der Waals surface area (Å²) >= 11 is 0. The maximum Gasteiger partial charge on any atom is 0.328 e. The molecular weight excluding hydrogens is 308 g/mol. The van der Waals surface area contributed by atoms with Gasteiger partial charge in [-0.3, -0.25) is 9.78 Å². The molecule has 0 saturated carbocycles. The zero-order valence-electron chi connectivity index (χ0n) is 13.3. The van der Waals surface area contributed by atoms with Crippen molar-refractivity contribution in [2.45, 2.75) is 6.54 Å². The highest BCUT2D eigenvalue weighted by atomic mass is 16.5. The van der Waals surface area contributed by atoms with Crippen LogP contribution in [-0.4, -0.2) is 40.5 Å². The maximum absolute atomic E-state index is 12.1. The molecule has 0 saturated heterocycles. The number of carbonyl (C=O) groups excluding carboxylic acids is 1. The molecular formula is C18H18N2O4. The summed E-state index contributed by atoms with van der Waals surface area (Å²) in [6, 6.07) is 10.6. The molecule has 24 heavy (non-hydrogen) atoms. The number of amides is 1. The molecule has 2 rings (SSSR count). The predicted octanol–water partition coefficient (Wildman–Crippen LogP) is 2.22. The van der Waals surface area contributed by atoms with E-state index < -0.39 is 5.97 Å². The van der Waals surface area contributed by atoms with Gasteiger partial charge >= 0.3 is 5.97 Å². The number of pyridine rings is 1. The summed E-state index contributed by atoms with van der Waals surface area (Å²) in [6.07, 6.45) is 5.95. The van der Waals surface area contributed by atoms with Crippen LogP contribution in [0.5, 0.6) is 5.75 Å². The number of rotatable bonds is 7. The molecule has 0 aliphatic carbocycles. The molecule has 0 atom stereocenters. The number of nitrogens with zero attached hydrogens (tertiary/aromatic N) is 2. The van der Waals surface area contributed by atoms with Crippen molar-refractivity contribution in [1.82, 2.24) is 9.88 Å². The Kier molecular flexibility index (Phi) is 6.08. The zero-order chi connectivity index (χ0) is 17.4. The maximum atomic E-state index is 12.1. The van der Waals surface area contributed by atoms with Crippen molar-refractivity contribution in [3.05, 3.63) is 66.0 Å². The normalized spacial score (nSPS) is 10.5. The second-order valence-corrected chi connectivity index (χ2v) is 5.14. The van der Waals surface area contributed by atoms with Gasteiger partial charge in [0.05, 0.1) is 0 Å². The van der Waals surface area contributed by atoms with Gasteiger partial charge in [-0.05, 0) is 35.4 Å². The van der Waals surface area contributed by atoms with Crippen molar-refractivity contribution in [2.24, 2.45) is 0 Å². The smallest absolute Gasteiger partial charge is 0.328 e. The van der Waals surface area contributed by atoms with Gasteiger partial charge in [0, 0.05) is 32.1 Å². The Hall–Kier alpha value is -3.15. The lowest BCUT2D eigenvalue weighted by atomic mass is 10.2. The van der Waals surface area contributed by atoms with Crippen LogP contribution in [0.4, 0.5) is 0 Å². The third kappa shape index (κ3) is 5.57. The third-order valence-corrected chi connectivity index (χ3v) is 3.23. The second kappa shape index (κ2) is 8.47. The number of carboxylic acids is 1. The lowest BCUT2D eigenvalue weighted by Crippen LogP contribution is -2.30. The van der Waals surface area contributed by atoms with Crippen LogP contribution in [0.25, 0.3) is 6.08 Å². The average molecular weight is 326 g/mol. The number of benzene rings is 1. The summed E-state index contributed by atoms with van der Waals surface area (Å²) < 4.78 is 5.46. The van der Waals surface area contributed by atoms with E-state index in [0.717, 1.165) is 17.2 Å². The highest BCUT2D eigenvalue weighted by molar-refractivity contribution is 5.85. The summed E-state index contributed by atoms with van der Waals surface area (Å²) in [5.74, 6) is -0.600. The van der Waals surface area contributed by atoms with Gasteiger partial charge in [0.1, 0.15) is 5.75 Å². The van der Waals surface area contributed by atoms with Crippen LogP contribution in [0, 0.1) is 0 Å². The van der Waals surface area contributed by atoms with Gasteiger partial charge in [0.25, 0.3) is 5.91 Å². The van der Waals surface area contributed by atoms with E-state index in [9.17, 15) is 9.59 Å². The quantitative estimate of drug-likeness (QED) is 0.789. The van der Waals surface area contributed by atoms with E-state index in [4.69, 9.17) is 9.84 Å². The second-order valence-electron chi connectivity index (χ2n) is 5.14. The Bertz CT molecular complexity index is 712. The molecule has 6 nitrogen and oxygen atoms in total. The minimum absolute atomic E-state index is 0.0684. The first-order valence-electron chi connectivity index (χ1n) is 7.31. The molecule has 1 aromatic carbocycles. The van der Waals surface area contributed by atoms with E-state index in [0.29, 0.717) is 12.3 Å². The molecule has 1 aromatic heterocycles. The van der Waals surface area contributed by atoms with Crippen molar-refractivity contribution < 1.29 is 19.4 Å². The molecule has 2 aromatic rings. The highest BCUT2D eigenvalue weighted by Crippen LogP contribution is 2.13. The molecule has 0 aliphatic rings. The van der Waals surface area contributed by atoms with Crippen LogP contribution in [-0.2, 0) is 16.1 Å². The molecule has 1 N–H and O–H groups in total. The van der Waals surface area contributed by atoms with E-state index >= 15 is 0 Å². The fourth-order valence-electron chi connectivity index (χ4n) is 1.95. The first-order chi connectivity index (χ1) is 11.5. The molecule has 1 heterocycles. The van der Waals surface area contributed by atoms with E-state index in [-0.39, 0.29) is 12.5 Å². The fraction of sp³-hybridized carbons (Fsp3) is 0.167. The largest absolute Gasteiger partial charge is 0.484 e. The van der Waals surface area contributed by atoms with E-state index in [1.54, 1.807) is 48.6 Å². The molecule has 1 amide bonds. The standard InChI is InChI=1S/C18H18N2O4/c1-20(12-15-3-2-10-19-11-15)17(21)13-24-16-7-4-14(5-8-16)6-9-18(22)23/h2-11H,12-13H2,1H3,(H,22,23)/b9-6+. The fourth-order valence-corrected chi connectivity index (χ4v) is 1.95. The molecule has 0 unspecified atom stereocenters. The van der Waals surface area contributed by atoms with Crippen LogP contribution in [0.2, 0.25) is 0 Å². The third-order valence-electron chi connectivity index (χ3n) is 3.23. The first-order valence-corrected chi connectivity index (χ1v) is 7.31. The number of aromatic nitrogens is 1. The Morgan fingerprint density at radius 3 is 2.62 bits per heavy atom. The van der Waals surface area contributed by atoms with Crippen molar-refractivity contribution in [3.8, 4) is 5.75 Å². The van der Waals surface area contributed by atoms with Crippen LogP contribution >= 0.6 is 0 Å². The number of carbonyl (C=O) groups is 2. The van der Waals surface area contributed by atoms with Crippen molar-refractivity contribution in [1.29, 1.82) is 0 Å². The van der Waals surface area contributed by atoms with Gasteiger partial charge in [0.2, 0.25) is 0 Å². The summed E-state index contributed by atoms with van der Waals surface area (Å²) in [7, 11) is 1.71. The molecule has 0 aliphatic heterocycles. The predicted molar refractivity (Wildman–Crippen MR) is 89.3 cm³/mol.